The average Bonchev–Trinajstić information content (AvgIpc) is 3.01. The first-order valence-corrected chi connectivity index (χ1v) is 11.6. The highest BCUT2D eigenvalue weighted by Crippen LogP contribution is 2.39. The molecule has 0 fully saturated rings. The number of aromatic nitrogens is 2. The van der Waals surface area contributed by atoms with Crippen LogP contribution in [0.3, 0.4) is 0 Å². The summed E-state index contributed by atoms with van der Waals surface area (Å²) in [5.74, 6) is 0. The lowest BCUT2D eigenvalue weighted by Crippen LogP contribution is -2.81. The molecule has 0 amide bonds. The molecule has 0 unspecified atom stereocenters. The van der Waals surface area contributed by atoms with Gasteiger partial charge in [0.15, 0.2) is 22.8 Å². The largest absolute Gasteiger partial charge is 0.369 e. The van der Waals surface area contributed by atoms with Gasteiger partial charge in [0.2, 0.25) is 0 Å². The maximum Gasteiger partial charge on any atom is 0.369 e. The third kappa shape index (κ3) is 1.99. The van der Waals surface area contributed by atoms with Crippen molar-refractivity contribution in [3.8, 4) is 0 Å². The van der Waals surface area contributed by atoms with E-state index in [1.54, 1.807) is 11.1 Å². The van der Waals surface area contributed by atoms with Crippen LogP contribution in [0.5, 0.6) is 0 Å². The van der Waals surface area contributed by atoms with Crippen LogP contribution in [0, 0.1) is 0 Å². The van der Waals surface area contributed by atoms with Gasteiger partial charge in [0.25, 0.3) is 0 Å². The molecule has 0 radical (unpaired) electrons. The summed E-state index contributed by atoms with van der Waals surface area (Å²) in [6.45, 7) is 0. The number of rotatable bonds is 0. The zero-order valence-corrected chi connectivity index (χ0v) is 17.6. The molecule has 8 rings (SSSR count). The number of benzene rings is 2. The SMILES string of the molecule is c1cc2c3c(c1)Cc1cccc4[n+]1C1(C3)Cc3c(cccc3Cc3cccc([n+]31)C4)C2. The van der Waals surface area contributed by atoms with Crippen molar-refractivity contribution in [1.82, 2.24) is 0 Å². The maximum atomic E-state index is 2.75. The Labute approximate surface area is 182 Å². The van der Waals surface area contributed by atoms with Gasteiger partial charge in [-0.2, -0.15) is 0 Å². The molecule has 4 aromatic rings. The third-order valence-corrected chi connectivity index (χ3v) is 8.28. The monoisotopic (exact) mass is 400 g/mol. The Morgan fingerprint density at radius 2 is 0.839 bits per heavy atom. The Morgan fingerprint density at radius 3 is 1.32 bits per heavy atom. The van der Waals surface area contributed by atoms with Crippen LogP contribution in [0.2, 0.25) is 0 Å². The van der Waals surface area contributed by atoms with E-state index >= 15 is 0 Å². The first-order valence-electron chi connectivity index (χ1n) is 11.6. The molecule has 1 spiro atoms. The second-order valence-electron chi connectivity index (χ2n) is 9.84. The van der Waals surface area contributed by atoms with E-state index in [0.29, 0.717) is 0 Å². The summed E-state index contributed by atoms with van der Waals surface area (Å²) < 4.78 is 5.51. The lowest BCUT2D eigenvalue weighted by atomic mass is 9.79. The molecule has 5 heterocycles. The first-order chi connectivity index (χ1) is 15.3. The second-order valence-corrected chi connectivity index (χ2v) is 9.84. The van der Waals surface area contributed by atoms with Crippen LogP contribution >= 0.6 is 0 Å². The Balaban J connectivity index is 1.61. The lowest BCUT2D eigenvalue weighted by molar-refractivity contribution is -1.01. The van der Waals surface area contributed by atoms with Crippen LogP contribution in [0.25, 0.3) is 0 Å². The minimum absolute atomic E-state index is 0.0980. The quantitative estimate of drug-likeness (QED) is 0.351. The first kappa shape index (κ1) is 16.4. The molecule has 3 aliphatic heterocycles. The van der Waals surface area contributed by atoms with Crippen molar-refractivity contribution in [2.75, 3.05) is 0 Å². The van der Waals surface area contributed by atoms with E-state index in [1.165, 1.54) is 45.0 Å². The molecule has 4 aliphatic rings. The van der Waals surface area contributed by atoms with E-state index in [4.69, 9.17) is 0 Å². The van der Waals surface area contributed by atoms with Gasteiger partial charge in [-0.05, 0) is 51.9 Å². The zero-order valence-electron chi connectivity index (χ0n) is 17.6. The Bertz CT molecular complexity index is 1340. The molecule has 148 valence electrons. The van der Waals surface area contributed by atoms with E-state index in [9.17, 15) is 0 Å². The van der Waals surface area contributed by atoms with Gasteiger partial charge in [0.1, 0.15) is 19.3 Å². The fourth-order valence-electron chi connectivity index (χ4n) is 7.15. The van der Waals surface area contributed by atoms with E-state index in [1.807, 2.05) is 0 Å². The van der Waals surface area contributed by atoms with Gasteiger partial charge in [0, 0.05) is 24.3 Å². The van der Waals surface area contributed by atoms with Gasteiger partial charge in [-0.15, -0.1) is 9.13 Å². The fraction of sp³-hybridized carbons (Fsp3) is 0.241. The molecule has 1 aliphatic carbocycles. The van der Waals surface area contributed by atoms with Crippen molar-refractivity contribution >= 4 is 0 Å². The number of hydrogen-bond acceptors (Lipinski definition) is 0. The molecule has 2 aromatic heterocycles. The topological polar surface area (TPSA) is 7.76 Å². The summed E-state index contributed by atoms with van der Waals surface area (Å²) >= 11 is 0. The van der Waals surface area contributed by atoms with Gasteiger partial charge in [0.05, 0.1) is 12.8 Å². The van der Waals surface area contributed by atoms with Crippen molar-refractivity contribution in [2.45, 2.75) is 44.2 Å². The van der Waals surface area contributed by atoms with Crippen molar-refractivity contribution in [1.29, 1.82) is 0 Å². The minimum atomic E-state index is -0.0980. The summed E-state index contributed by atoms with van der Waals surface area (Å²) in [6.07, 6.45) is 6.28. The summed E-state index contributed by atoms with van der Waals surface area (Å²) in [4.78, 5) is 0. The fourth-order valence-corrected chi connectivity index (χ4v) is 7.15. The van der Waals surface area contributed by atoms with Gasteiger partial charge in [-0.3, -0.25) is 0 Å². The van der Waals surface area contributed by atoms with Crippen LogP contribution in [0.1, 0.15) is 56.2 Å². The zero-order chi connectivity index (χ0) is 20.2. The summed E-state index contributed by atoms with van der Waals surface area (Å²) in [7, 11) is 0. The number of nitrogens with zero attached hydrogens (tertiary/aromatic N) is 2. The number of pyridine rings is 2. The van der Waals surface area contributed by atoms with Crippen molar-refractivity contribution in [3.05, 3.63) is 129 Å². The molecule has 3 bridgehead atoms. The maximum absolute atomic E-state index is 2.75. The standard InChI is InChI=1S/C29H24N2/c1-5-19-13-20-6-2-8-22-15-24-10-4-12-26-16-25-11-3-9-23-14-21(7-1)27(19)17-29(30(23)25,31(24)26)18-28(20)22/h1-12H,13-18H2/q+2. The van der Waals surface area contributed by atoms with Gasteiger partial charge in [-0.25, -0.2) is 0 Å². The Morgan fingerprint density at radius 1 is 0.452 bits per heavy atom. The highest BCUT2D eigenvalue weighted by atomic mass is 15.3. The minimum Gasteiger partial charge on any atom is -0.135 e. The van der Waals surface area contributed by atoms with Crippen LogP contribution in [-0.4, -0.2) is 0 Å². The van der Waals surface area contributed by atoms with Crippen molar-refractivity contribution < 1.29 is 9.13 Å². The van der Waals surface area contributed by atoms with Gasteiger partial charge in [-0.1, -0.05) is 36.4 Å². The normalized spacial score (nSPS) is 17.8. The summed E-state index contributed by atoms with van der Waals surface area (Å²) in [5, 5.41) is 0. The van der Waals surface area contributed by atoms with Gasteiger partial charge >= 0.3 is 5.66 Å². The molecule has 2 heteroatoms. The van der Waals surface area contributed by atoms with Crippen LogP contribution in [0.15, 0.2) is 72.8 Å². The molecule has 0 saturated heterocycles. The van der Waals surface area contributed by atoms with E-state index in [2.05, 4.69) is 81.9 Å². The smallest absolute Gasteiger partial charge is 0.135 e. The predicted molar refractivity (Wildman–Crippen MR) is 118 cm³/mol. The highest BCUT2D eigenvalue weighted by molar-refractivity contribution is 5.48. The van der Waals surface area contributed by atoms with Crippen LogP contribution in [0.4, 0.5) is 0 Å². The van der Waals surface area contributed by atoms with Gasteiger partial charge < -0.3 is 0 Å². The lowest BCUT2D eigenvalue weighted by Gasteiger charge is -2.32. The van der Waals surface area contributed by atoms with E-state index < -0.39 is 0 Å². The molecule has 0 atom stereocenters. The van der Waals surface area contributed by atoms with E-state index in [-0.39, 0.29) is 5.66 Å². The molecular formula is C29H24N2+2. The molecule has 2 nitrogen and oxygen atoms in total. The van der Waals surface area contributed by atoms with Crippen LogP contribution in [-0.2, 0) is 44.2 Å². The third-order valence-electron chi connectivity index (χ3n) is 8.28. The highest BCUT2D eigenvalue weighted by Gasteiger charge is 2.60. The molecule has 0 saturated carbocycles. The Hall–Kier alpha value is -3.26. The molecule has 31 heavy (non-hydrogen) atoms. The summed E-state index contributed by atoms with van der Waals surface area (Å²) in [6, 6.07) is 28.1. The average molecular weight is 401 g/mol. The van der Waals surface area contributed by atoms with Crippen molar-refractivity contribution in [2.24, 2.45) is 0 Å². The summed E-state index contributed by atoms with van der Waals surface area (Å²) in [5.41, 5.74) is 15.0. The second kappa shape index (κ2) is 5.50. The molecule has 0 N–H and O–H groups in total. The number of hydrogen-bond donors (Lipinski definition) is 0. The van der Waals surface area contributed by atoms with Crippen molar-refractivity contribution in [3.63, 3.8) is 0 Å². The predicted octanol–water partition coefficient (Wildman–Crippen LogP) is 3.56. The Kier molecular flexibility index (Phi) is 2.92. The van der Waals surface area contributed by atoms with E-state index in [0.717, 1.165) is 38.5 Å². The molecule has 2 aromatic carbocycles. The van der Waals surface area contributed by atoms with Crippen LogP contribution < -0.4 is 9.13 Å². The molecular weight excluding hydrogens is 376 g/mol.